The van der Waals surface area contributed by atoms with Crippen LogP contribution in [0.2, 0.25) is 0 Å². The van der Waals surface area contributed by atoms with Crippen molar-refractivity contribution in [1.29, 1.82) is 0 Å². The van der Waals surface area contributed by atoms with Gasteiger partial charge in [0.25, 0.3) is 0 Å². The van der Waals surface area contributed by atoms with E-state index in [1.54, 1.807) is 0 Å². The number of rotatable bonds is 1. The molecule has 14 heavy (non-hydrogen) atoms. The summed E-state index contributed by atoms with van der Waals surface area (Å²) in [6.07, 6.45) is 4.62. The molecule has 0 atom stereocenters. The van der Waals surface area contributed by atoms with E-state index in [1.807, 2.05) is 4.90 Å². The maximum absolute atomic E-state index is 11.8. The van der Waals surface area contributed by atoms with E-state index in [-0.39, 0.29) is 12.4 Å². The van der Waals surface area contributed by atoms with Crippen molar-refractivity contribution in [1.82, 2.24) is 10.2 Å². The number of hydrogen-bond acceptors (Lipinski definition) is 2. The third kappa shape index (κ3) is 2.61. The topological polar surface area (TPSA) is 32.3 Å². The summed E-state index contributed by atoms with van der Waals surface area (Å²) in [7, 11) is 0. The van der Waals surface area contributed by atoms with Gasteiger partial charge >= 0.3 is 0 Å². The van der Waals surface area contributed by atoms with Gasteiger partial charge in [0.1, 0.15) is 0 Å². The van der Waals surface area contributed by atoms with Crippen molar-refractivity contribution >= 4 is 18.3 Å². The van der Waals surface area contributed by atoms with Crippen LogP contribution >= 0.6 is 12.4 Å². The maximum Gasteiger partial charge on any atom is 0.225 e. The lowest BCUT2D eigenvalue weighted by molar-refractivity contribution is -0.137. The molecule has 1 aliphatic heterocycles. The summed E-state index contributed by atoms with van der Waals surface area (Å²) in [5.41, 5.74) is 0. The van der Waals surface area contributed by atoms with Gasteiger partial charge in [0, 0.05) is 25.6 Å². The van der Waals surface area contributed by atoms with Crippen molar-refractivity contribution in [3.8, 4) is 0 Å². The van der Waals surface area contributed by atoms with E-state index in [1.165, 1.54) is 6.42 Å². The van der Waals surface area contributed by atoms with Gasteiger partial charge in [-0.25, -0.2) is 0 Å². The van der Waals surface area contributed by atoms with Gasteiger partial charge in [-0.3, -0.25) is 4.79 Å². The molecule has 2 aliphatic rings. The molecule has 1 saturated heterocycles. The molecule has 1 amide bonds. The molecule has 0 unspecified atom stereocenters. The van der Waals surface area contributed by atoms with Gasteiger partial charge in [-0.2, -0.15) is 0 Å². The standard InChI is InChI=1S/C10H18N2O.ClH/c13-10(9-3-1-4-9)12-7-2-5-11-6-8-12;/h9,11H,1-8H2;1H. The first-order valence-electron chi connectivity index (χ1n) is 5.37. The van der Waals surface area contributed by atoms with Crippen molar-refractivity contribution in [2.24, 2.45) is 5.92 Å². The lowest BCUT2D eigenvalue weighted by atomic mass is 9.84. The highest BCUT2D eigenvalue weighted by Crippen LogP contribution is 2.28. The van der Waals surface area contributed by atoms with Crippen LogP contribution < -0.4 is 5.32 Å². The second-order valence-electron chi connectivity index (χ2n) is 4.06. The van der Waals surface area contributed by atoms with Gasteiger partial charge < -0.3 is 10.2 Å². The number of hydrogen-bond donors (Lipinski definition) is 1. The molecule has 4 heteroatoms. The summed E-state index contributed by atoms with van der Waals surface area (Å²) in [6, 6.07) is 0. The number of carbonyl (C=O) groups is 1. The van der Waals surface area contributed by atoms with Crippen molar-refractivity contribution in [3.63, 3.8) is 0 Å². The molecule has 2 fully saturated rings. The molecule has 0 spiro atoms. The van der Waals surface area contributed by atoms with Crippen molar-refractivity contribution in [2.75, 3.05) is 26.2 Å². The Labute approximate surface area is 91.6 Å². The maximum atomic E-state index is 11.8. The smallest absolute Gasteiger partial charge is 0.225 e. The van der Waals surface area contributed by atoms with Gasteiger partial charge in [0.05, 0.1) is 0 Å². The molecule has 0 aromatic carbocycles. The van der Waals surface area contributed by atoms with E-state index in [9.17, 15) is 4.79 Å². The minimum atomic E-state index is 0. The third-order valence-electron chi connectivity index (χ3n) is 3.11. The predicted octanol–water partition coefficient (Wildman–Crippen LogP) is 1.03. The summed E-state index contributed by atoms with van der Waals surface area (Å²) in [5.74, 6) is 0.785. The average molecular weight is 219 g/mol. The van der Waals surface area contributed by atoms with Gasteiger partial charge in [-0.05, 0) is 25.8 Å². The summed E-state index contributed by atoms with van der Waals surface area (Å²) < 4.78 is 0. The van der Waals surface area contributed by atoms with Crippen LogP contribution in [-0.2, 0) is 4.79 Å². The Morgan fingerprint density at radius 3 is 2.57 bits per heavy atom. The summed E-state index contributed by atoms with van der Waals surface area (Å²) in [6.45, 7) is 3.91. The molecule has 2 rings (SSSR count). The van der Waals surface area contributed by atoms with E-state index in [4.69, 9.17) is 0 Å². The first-order valence-corrected chi connectivity index (χ1v) is 5.37. The molecule has 1 N–H and O–H groups in total. The Hall–Kier alpha value is -0.280. The Balaban J connectivity index is 0.000000980. The lowest BCUT2D eigenvalue weighted by Crippen LogP contribution is -2.40. The lowest BCUT2D eigenvalue weighted by Gasteiger charge is -2.30. The molecule has 0 radical (unpaired) electrons. The number of amides is 1. The number of carbonyl (C=O) groups excluding carboxylic acids is 1. The Morgan fingerprint density at radius 1 is 1.14 bits per heavy atom. The highest BCUT2D eigenvalue weighted by molar-refractivity contribution is 5.85. The van der Waals surface area contributed by atoms with E-state index in [2.05, 4.69) is 5.32 Å². The van der Waals surface area contributed by atoms with Crippen LogP contribution in [0.4, 0.5) is 0 Å². The molecule has 1 saturated carbocycles. The zero-order valence-corrected chi connectivity index (χ0v) is 9.31. The van der Waals surface area contributed by atoms with Gasteiger partial charge in [0.2, 0.25) is 5.91 Å². The Kier molecular flexibility index (Phi) is 4.69. The fraction of sp³-hybridized carbons (Fsp3) is 0.900. The van der Waals surface area contributed by atoms with Crippen molar-refractivity contribution < 1.29 is 4.79 Å². The van der Waals surface area contributed by atoms with Gasteiger partial charge in [-0.15, -0.1) is 12.4 Å². The summed E-state index contributed by atoms with van der Waals surface area (Å²) in [5, 5.41) is 3.31. The molecular formula is C10H19ClN2O. The molecule has 1 heterocycles. The van der Waals surface area contributed by atoms with Crippen LogP contribution in [0, 0.1) is 5.92 Å². The molecule has 0 aromatic heterocycles. The predicted molar refractivity (Wildman–Crippen MR) is 58.7 cm³/mol. The number of nitrogens with one attached hydrogen (secondary N) is 1. The van der Waals surface area contributed by atoms with E-state index >= 15 is 0 Å². The first-order chi connectivity index (χ1) is 6.38. The van der Waals surface area contributed by atoms with Gasteiger partial charge in [0.15, 0.2) is 0 Å². The second-order valence-corrected chi connectivity index (χ2v) is 4.06. The van der Waals surface area contributed by atoms with E-state index in [0.29, 0.717) is 11.8 Å². The minimum Gasteiger partial charge on any atom is -0.341 e. The first kappa shape index (κ1) is 11.8. The van der Waals surface area contributed by atoms with Crippen LogP contribution in [0.1, 0.15) is 25.7 Å². The quantitative estimate of drug-likeness (QED) is 0.713. The second kappa shape index (κ2) is 5.56. The van der Waals surface area contributed by atoms with Crippen molar-refractivity contribution in [2.45, 2.75) is 25.7 Å². The van der Waals surface area contributed by atoms with E-state index < -0.39 is 0 Å². The molecule has 0 aromatic rings. The third-order valence-corrected chi connectivity index (χ3v) is 3.11. The van der Waals surface area contributed by atoms with Crippen LogP contribution in [0.3, 0.4) is 0 Å². The van der Waals surface area contributed by atoms with Crippen LogP contribution in [0.25, 0.3) is 0 Å². The SMILES string of the molecule is Cl.O=C(C1CCC1)N1CCCNCC1. The summed E-state index contributed by atoms with van der Waals surface area (Å²) >= 11 is 0. The van der Waals surface area contributed by atoms with Crippen molar-refractivity contribution in [3.05, 3.63) is 0 Å². The van der Waals surface area contributed by atoms with Gasteiger partial charge in [-0.1, -0.05) is 6.42 Å². The molecule has 0 bridgehead atoms. The number of halogens is 1. The fourth-order valence-corrected chi connectivity index (χ4v) is 1.98. The number of nitrogens with zero attached hydrogens (tertiary/aromatic N) is 1. The fourth-order valence-electron chi connectivity index (χ4n) is 1.98. The Morgan fingerprint density at radius 2 is 1.93 bits per heavy atom. The largest absolute Gasteiger partial charge is 0.341 e. The minimum absolute atomic E-state index is 0. The average Bonchev–Trinajstić information content (AvgIpc) is 2.27. The zero-order valence-electron chi connectivity index (χ0n) is 8.50. The molecular weight excluding hydrogens is 200 g/mol. The monoisotopic (exact) mass is 218 g/mol. The van der Waals surface area contributed by atoms with Crippen LogP contribution in [0.15, 0.2) is 0 Å². The highest BCUT2D eigenvalue weighted by atomic mass is 35.5. The zero-order chi connectivity index (χ0) is 9.10. The van der Waals surface area contributed by atoms with Crippen LogP contribution in [0.5, 0.6) is 0 Å². The molecule has 3 nitrogen and oxygen atoms in total. The normalized spacial score (nSPS) is 23.3. The molecule has 82 valence electrons. The highest BCUT2D eigenvalue weighted by Gasteiger charge is 2.29. The Bertz CT molecular complexity index is 187. The molecule has 1 aliphatic carbocycles. The van der Waals surface area contributed by atoms with E-state index in [0.717, 1.165) is 45.4 Å². The van der Waals surface area contributed by atoms with Crippen LogP contribution in [-0.4, -0.2) is 37.0 Å². The summed E-state index contributed by atoms with van der Waals surface area (Å²) in [4.78, 5) is 13.9.